The molecular formula is C6H18Ge3Se3. The van der Waals surface area contributed by atoms with E-state index in [0.29, 0.717) is 46.3 Å². The average Bonchev–Trinajstić information content (AvgIpc) is 1.70. The molecule has 0 aliphatic rings. The van der Waals surface area contributed by atoms with Gasteiger partial charge in [0.1, 0.15) is 0 Å². The van der Waals surface area contributed by atoms with Crippen LogP contribution in [-0.4, -0.2) is 97.5 Å². The molecule has 12 heavy (non-hydrogen) atoms. The number of hydrogen-bond donors (Lipinski definition) is 0. The Bertz CT molecular complexity index is 22.8. The maximum Gasteiger partial charge on any atom is 0 e. The van der Waals surface area contributed by atoms with Crippen molar-refractivity contribution in [3.63, 3.8) is 0 Å². The van der Waals surface area contributed by atoms with E-state index in [-0.39, 0.29) is 51.2 Å². The Morgan fingerprint density at radius 2 is 0.417 bits per heavy atom. The summed E-state index contributed by atoms with van der Waals surface area (Å²) in [6.45, 7) is 0. The fourth-order valence-electron chi connectivity index (χ4n) is 0. The molecule has 6 heteroatoms. The summed E-state index contributed by atoms with van der Waals surface area (Å²) in [5, 5.41) is 0. The molecule has 0 saturated carbocycles. The SMILES string of the molecule is [CH3][Ge][CH3].[CH3][Ge][CH3].[CH3][Ge][CH3].[Se].[Se].[Se]. The van der Waals surface area contributed by atoms with Gasteiger partial charge in [-0.25, -0.2) is 0 Å². The van der Waals surface area contributed by atoms with Crippen LogP contribution in [0.3, 0.4) is 0 Å². The van der Waals surface area contributed by atoms with E-state index in [9.17, 15) is 0 Å². The van der Waals surface area contributed by atoms with Crippen LogP contribution < -0.4 is 0 Å². The van der Waals surface area contributed by atoms with Crippen molar-refractivity contribution in [2.24, 2.45) is 0 Å². The van der Waals surface area contributed by atoms with Crippen LogP contribution in [0.2, 0.25) is 34.5 Å². The summed E-state index contributed by atoms with van der Waals surface area (Å²) >= 11 is 1.50. The first kappa shape index (κ1) is 36.2. The van der Waals surface area contributed by atoms with Gasteiger partial charge in [0.2, 0.25) is 0 Å². The van der Waals surface area contributed by atoms with Gasteiger partial charge in [-0.1, -0.05) is 0 Å². The third-order valence-corrected chi connectivity index (χ3v) is 0. The van der Waals surface area contributed by atoms with Crippen molar-refractivity contribution in [2.75, 3.05) is 0 Å². The molecule has 0 aromatic heterocycles. The minimum atomic E-state index is 0. The molecule has 0 unspecified atom stereocenters. The van der Waals surface area contributed by atoms with E-state index in [1.54, 1.807) is 0 Å². The summed E-state index contributed by atoms with van der Waals surface area (Å²) in [4.78, 5) is 0. The fraction of sp³-hybridized carbons (Fsp3) is 1.00. The van der Waals surface area contributed by atoms with E-state index in [1.807, 2.05) is 0 Å². The van der Waals surface area contributed by atoms with Crippen LogP contribution in [-0.2, 0) is 0 Å². The van der Waals surface area contributed by atoms with Gasteiger partial charge in [-0.05, 0) is 0 Å². The Morgan fingerprint density at radius 1 is 0.417 bits per heavy atom. The molecule has 0 spiro atoms. The summed E-state index contributed by atoms with van der Waals surface area (Å²) < 4.78 is 0. The van der Waals surface area contributed by atoms with Crippen LogP contribution in [0.4, 0.5) is 0 Å². The monoisotopic (exact) mass is 552 g/mol. The van der Waals surface area contributed by atoms with Gasteiger partial charge in [-0.2, -0.15) is 0 Å². The molecule has 0 heterocycles. The molecule has 0 aliphatic carbocycles. The third kappa shape index (κ3) is 193. The van der Waals surface area contributed by atoms with Crippen molar-refractivity contribution in [1.29, 1.82) is 0 Å². The maximum absolute atomic E-state index is 2.25. The van der Waals surface area contributed by atoms with Gasteiger partial charge in [0.25, 0.3) is 0 Å². The molecule has 0 saturated heterocycles. The molecule has 0 bridgehead atoms. The molecule has 0 N–H and O–H groups in total. The average molecular weight is 545 g/mol. The molecule has 72 valence electrons. The predicted octanol–water partition coefficient (Wildman–Crippen LogP) is 1.22. The Labute approximate surface area is 130 Å². The normalized spacial score (nSPS) is 4.50. The topological polar surface area (TPSA) is 0 Å². The Hall–Kier alpha value is 3.19. The molecule has 0 aromatic carbocycles. The van der Waals surface area contributed by atoms with Crippen molar-refractivity contribution in [3.8, 4) is 0 Å². The Morgan fingerprint density at radius 3 is 0.417 bits per heavy atom. The molecule has 0 amide bonds. The van der Waals surface area contributed by atoms with Crippen LogP contribution >= 0.6 is 0 Å². The summed E-state index contributed by atoms with van der Waals surface area (Å²) in [6.07, 6.45) is 0. The molecule has 0 aliphatic heterocycles. The van der Waals surface area contributed by atoms with Gasteiger partial charge in [0.05, 0.1) is 0 Å². The Balaban J connectivity index is -0.00000001000. The van der Waals surface area contributed by atoms with Crippen molar-refractivity contribution in [1.82, 2.24) is 0 Å². The second kappa shape index (κ2) is 64.4. The zero-order valence-electron chi connectivity index (χ0n) is 8.72. The summed E-state index contributed by atoms with van der Waals surface area (Å²) in [6, 6.07) is 0. The predicted molar refractivity (Wildman–Crippen MR) is 69.7 cm³/mol. The molecule has 0 nitrogen and oxygen atoms in total. The standard InChI is InChI=1S/3C2H6Ge.3Se/c3*1-3-2;;;/h3*1-2H3;;;. The minimum Gasteiger partial charge on any atom is 0 e. The van der Waals surface area contributed by atoms with Gasteiger partial charge in [-0.15, -0.1) is 0 Å². The summed E-state index contributed by atoms with van der Waals surface area (Å²) in [7, 11) is 0. The summed E-state index contributed by atoms with van der Waals surface area (Å²) in [5.41, 5.74) is 0. The van der Waals surface area contributed by atoms with Crippen LogP contribution in [0.5, 0.6) is 0 Å². The molecule has 12 radical (unpaired) electrons. The second-order valence-corrected chi connectivity index (χ2v) is 7.79. The fourth-order valence-corrected chi connectivity index (χ4v) is 0. The van der Waals surface area contributed by atoms with Gasteiger partial charge in [-0.3, -0.25) is 0 Å². The van der Waals surface area contributed by atoms with Crippen molar-refractivity contribution in [3.05, 3.63) is 0 Å². The molecule has 0 rings (SSSR count). The molecule has 0 fully saturated rings. The van der Waals surface area contributed by atoms with Crippen molar-refractivity contribution >= 4 is 97.5 Å². The van der Waals surface area contributed by atoms with Crippen LogP contribution in [0.15, 0.2) is 0 Å². The van der Waals surface area contributed by atoms with E-state index >= 15 is 0 Å². The largest absolute Gasteiger partial charge is 0 e. The first-order valence-electron chi connectivity index (χ1n) is 3.00. The number of hydrogen-bond acceptors (Lipinski definition) is 0. The summed E-state index contributed by atoms with van der Waals surface area (Å²) in [5.74, 6) is 13.5. The molecule has 0 aromatic rings. The quantitative estimate of drug-likeness (QED) is 0.403. The molecule has 0 atom stereocenters. The zero-order chi connectivity index (χ0) is 8.12. The smallest absolute Gasteiger partial charge is 0 e. The van der Waals surface area contributed by atoms with E-state index in [4.69, 9.17) is 0 Å². The van der Waals surface area contributed by atoms with Crippen LogP contribution in [0, 0.1) is 0 Å². The number of rotatable bonds is 0. The van der Waals surface area contributed by atoms with Crippen LogP contribution in [0.1, 0.15) is 0 Å². The van der Waals surface area contributed by atoms with E-state index in [0.717, 1.165) is 0 Å². The minimum absolute atomic E-state index is 0. The van der Waals surface area contributed by atoms with Gasteiger partial charge in [0, 0.05) is 51.2 Å². The van der Waals surface area contributed by atoms with Crippen molar-refractivity contribution in [2.45, 2.75) is 34.5 Å². The van der Waals surface area contributed by atoms with E-state index in [2.05, 4.69) is 34.5 Å². The third-order valence-electron chi connectivity index (χ3n) is 0. The van der Waals surface area contributed by atoms with Gasteiger partial charge in [0.15, 0.2) is 0 Å². The second-order valence-electron chi connectivity index (χ2n) is 1.50. The van der Waals surface area contributed by atoms with Gasteiger partial charge < -0.3 is 0 Å². The van der Waals surface area contributed by atoms with E-state index in [1.165, 1.54) is 0 Å². The zero-order valence-corrected chi connectivity index (χ0v) is 20.2. The van der Waals surface area contributed by atoms with E-state index < -0.39 is 0 Å². The molecular weight excluding hydrogens is 527 g/mol. The first-order valence-corrected chi connectivity index (χ1v) is 15.6. The first-order chi connectivity index (χ1) is 4.24. The maximum atomic E-state index is 2.25. The van der Waals surface area contributed by atoms with Crippen molar-refractivity contribution < 1.29 is 0 Å². The van der Waals surface area contributed by atoms with Crippen LogP contribution in [0.25, 0.3) is 0 Å². The Kier molecular flexibility index (Phi) is 195. The van der Waals surface area contributed by atoms with Gasteiger partial charge >= 0.3 is 80.8 Å².